The lowest BCUT2D eigenvalue weighted by atomic mass is 10.2. The van der Waals surface area contributed by atoms with Crippen molar-refractivity contribution in [1.29, 1.82) is 0 Å². The van der Waals surface area contributed by atoms with Crippen LogP contribution in [0.25, 0.3) is 0 Å². The number of aliphatic carboxylic acids is 1. The van der Waals surface area contributed by atoms with Crippen molar-refractivity contribution in [3.63, 3.8) is 0 Å². The Morgan fingerprint density at radius 2 is 1.35 bits per heavy atom. The van der Waals surface area contributed by atoms with Crippen molar-refractivity contribution in [2.24, 2.45) is 0 Å². The molecule has 1 aliphatic rings. The van der Waals surface area contributed by atoms with Crippen LogP contribution >= 0.6 is 0 Å². The number of amides is 1. The van der Waals surface area contributed by atoms with Crippen molar-refractivity contribution in [2.75, 3.05) is 39.3 Å². The van der Waals surface area contributed by atoms with Crippen LogP contribution in [0, 0.1) is 0 Å². The van der Waals surface area contributed by atoms with Gasteiger partial charge in [-0.25, -0.2) is 0 Å². The molecule has 1 fully saturated rings. The summed E-state index contributed by atoms with van der Waals surface area (Å²) in [6.45, 7) is 11.6. The summed E-state index contributed by atoms with van der Waals surface area (Å²) >= 11 is 0. The number of carboxylic acids is 1. The standard InChI is InChI=1S/C14H27N3O3/c1-11(2)17(12(3)4)13(18)9-15-5-7-16(8-6-15)10-14(19)20/h11-12H,5-10H2,1-4H3,(H,19,20). The molecule has 0 unspecified atom stereocenters. The van der Waals surface area contributed by atoms with Crippen molar-refractivity contribution in [1.82, 2.24) is 14.7 Å². The minimum absolute atomic E-state index is 0.0892. The number of rotatable bonds is 6. The Balaban J connectivity index is 2.43. The van der Waals surface area contributed by atoms with Crippen LogP contribution in [0.3, 0.4) is 0 Å². The van der Waals surface area contributed by atoms with Gasteiger partial charge in [0.2, 0.25) is 5.91 Å². The first-order chi connectivity index (χ1) is 9.31. The van der Waals surface area contributed by atoms with Gasteiger partial charge in [-0.3, -0.25) is 19.4 Å². The van der Waals surface area contributed by atoms with E-state index in [1.807, 2.05) is 37.5 Å². The van der Waals surface area contributed by atoms with Gasteiger partial charge in [-0.2, -0.15) is 0 Å². The molecule has 0 aromatic rings. The Hall–Kier alpha value is -1.14. The molecule has 1 N–H and O–H groups in total. The maximum Gasteiger partial charge on any atom is 0.317 e. The summed E-state index contributed by atoms with van der Waals surface area (Å²) in [6.07, 6.45) is 0. The van der Waals surface area contributed by atoms with E-state index in [9.17, 15) is 9.59 Å². The Labute approximate surface area is 121 Å². The van der Waals surface area contributed by atoms with Crippen LogP contribution in [0.4, 0.5) is 0 Å². The van der Waals surface area contributed by atoms with Gasteiger partial charge in [-0.05, 0) is 27.7 Å². The number of hydrogen-bond donors (Lipinski definition) is 1. The van der Waals surface area contributed by atoms with E-state index in [0.29, 0.717) is 19.6 Å². The fourth-order valence-electron chi connectivity index (χ4n) is 2.74. The van der Waals surface area contributed by atoms with Gasteiger partial charge in [0.25, 0.3) is 0 Å². The van der Waals surface area contributed by atoms with E-state index in [-0.39, 0.29) is 24.5 Å². The maximum atomic E-state index is 12.3. The normalized spacial score (nSPS) is 17.7. The van der Waals surface area contributed by atoms with Crippen molar-refractivity contribution >= 4 is 11.9 Å². The molecule has 0 atom stereocenters. The predicted octanol–water partition coefficient (Wildman–Crippen LogP) is 0.334. The molecular formula is C14H27N3O3. The minimum atomic E-state index is -0.791. The summed E-state index contributed by atoms with van der Waals surface area (Å²) in [5.74, 6) is -0.637. The van der Waals surface area contributed by atoms with Crippen molar-refractivity contribution in [3.05, 3.63) is 0 Å². The smallest absolute Gasteiger partial charge is 0.317 e. The molecule has 0 aromatic carbocycles. The number of carboxylic acid groups (broad SMARTS) is 1. The Kier molecular flexibility index (Phi) is 6.42. The zero-order valence-electron chi connectivity index (χ0n) is 13.0. The highest BCUT2D eigenvalue weighted by Gasteiger charge is 2.25. The van der Waals surface area contributed by atoms with Crippen LogP contribution in [0.15, 0.2) is 0 Å². The SMILES string of the molecule is CC(C)N(C(=O)CN1CCN(CC(=O)O)CC1)C(C)C. The molecule has 6 heteroatoms. The fourth-order valence-corrected chi connectivity index (χ4v) is 2.74. The molecular weight excluding hydrogens is 258 g/mol. The largest absolute Gasteiger partial charge is 0.480 e. The molecule has 20 heavy (non-hydrogen) atoms. The van der Waals surface area contributed by atoms with Crippen LogP contribution in [-0.4, -0.2) is 83.0 Å². The van der Waals surface area contributed by atoms with Crippen LogP contribution in [0.2, 0.25) is 0 Å². The van der Waals surface area contributed by atoms with Gasteiger partial charge in [0, 0.05) is 38.3 Å². The monoisotopic (exact) mass is 285 g/mol. The number of carbonyl (C=O) groups excluding carboxylic acids is 1. The molecule has 0 bridgehead atoms. The second-order valence-electron chi connectivity index (χ2n) is 5.93. The summed E-state index contributed by atoms with van der Waals surface area (Å²) in [5.41, 5.74) is 0. The lowest BCUT2D eigenvalue weighted by Crippen LogP contribution is -2.52. The van der Waals surface area contributed by atoms with Gasteiger partial charge in [0.15, 0.2) is 0 Å². The summed E-state index contributed by atoms with van der Waals surface area (Å²) in [6, 6.07) is 0.409. The van der Waals surface area contributed by atoms with Gasteiger partial charge in [0.05, 0.1) is 13.1 Å². The van der Waals surface area contributed by atoms with Crippen molar-refractivity contribution in [2.45, 2.75) is 39.8 Å². The van der Waals surface area contributed by atoms with Crippen LogP contribution in [0.5, 0.6) is 0 Å². The Morgan fingerprint density at radius 1 is 0.950 bits per heavy atom. The molecule has 6 nitrogen and oxygen atoms in total. The maximum absolute atomic E-state index is 12.3. The Bertz CT molecular complexity index is 329. The zero-order valence-corrected chi connectivity index (χ0v) is 13.0. The van der Waals surface area contributed by atoms with Gasteiger partial charge >= 0.3 is 5.97 Å². The zero-order chi connectivity index (χ0) is 15.3. The van der Waals surface area contributed by atoms with Gasteiger partial charge in [0.1, 0.15) is 0 Å². The van der Waals surface area contributed by atoms with E-state index >= 15 is 0 Å². The molecule has 0 radical (unpaired) electrons. The molecule has 0 aromatic heterocycles. The summed E-state index contributed by atoms with van der Waals surface area (Å²) < 4.78 is 0. The molecule has 1 heterocycles. The van der Waals surface area contributed by atoms with Crippen LogP contribution in [0.1, 0.15) is 27.7 Å². The molecule has 0 spiro atoms. The van der Waals surface area contributed by atoms with Crippen molar-refractivity contribution < 1.29 is 14.7 Å². The van der Waals surface area contributed by atoms with E-state index in [4.69, 9.17) is 5.11 Å². The number of piperazine rings is 1. The second kappa shape index (κ2) is 7.59. The first-order valence-electron chi connectivity index (χ1n) is 7.29. The lowest BCUT2D eigenvalue weighted by Gasteiger charge is -2.36. The average molecular weight is 285 g/mol. The van der Waals surface area contributed by atoms with Gasteiger partial charge in [-0.15, -0.1) is 0 Å². The van der Waals surface area contributed by atoms with E-state index < -0.39 is 5.97 Å². The quantitative estimate of drug-likeness (QED) is 0.762. The van der Waals surface area contributed by atoms with Crippen LogP contribution in [-0.2, 0) is 9.59 Å². The number of hydrogen-bond acceptors (Lipinski definition) is 4. The predicted molar refractivity (Wildman–Crippen MR) is 77.6 cm³/mol. The molecule has 1 aliphatic heterocycles. The summed E-state index contributed by atoms with van der Waals surface area (Å²) in [5, 5.41) is 8.76. The van der Waals surface area contributed by atoms with Crippen LogP contribution < -0.4 is 0 Å². The fraction of sp³-hybridized carbons (Fsp3) is 0.857. The highest BCUT2D eigenvalue weighted by Crippen LogP contribution is 2.08. The first kappa shape index (κ1) is 16.9. The molecule has 1 amide bonds. The molecule has 0 aliphatic carbocycles. The highest BCUT2D eigenvalue weighted by atomic mass is 16.4. The third kappa shape index (κ3) is 5.09. The lowest BCUT2D eigenvalue weighted by molar-refractivity contribution is -0.140. The van der Waals surface area contributed by atoms with E-state index in [2.05, 4.69) is 4.90 Å². The van der Waals surface area contributed by atoms with Gasteiger partial charge < -0.3 is 10.0 Å². The molecule has 1 saturated heterocycles. The second-order valence-corrected chi connectivity index (χ2v) is 5.93. The molecule has 1 rings (SSSR count). The number of nitrogens with zero attached hydrogens (tertiary/aromatic N) is 3. The Morgan fingerprint density at radius 3 is 1.70 bits per heavy atom. The third-order valence-electron chi connectivity index (χ3n) is 3.58. The van der Waals surface area contributed by atoms with E-state index in [1.165, 1.54) is 0 Å². The van der Waals surface area contributed by atoms with Gasteiger partial charge in [-0.1, -0.05) is 0 Å². The molecule has 116 valence electrons. The summed E-state index contributed by atoms with van der Waals surface area (Å²) in [4.78, 5) is 28.9. The third-order valence-corrected chi connectivity index (χ3v) is 3.58. The minimum Gasteiger partial charge on any atom is -0.480 e. The number of carbonyl (C=O) groups is 2. The van der Waals surface area contributed by atoms with E-state index in [0.717, 1.165) is 13.1 Å². The van der Waals surface area contributed by atoms with E-state index in [1.54, 1.807) is 0 Å². The highest BCUT2D eigenvalue weighted by molar-refractivity contribution is 5.78. The first-order valence-corrected chi connectivity index (χ1v) is 7.29. The summed E-state index contributed by atoms with van der Waals surface area (Å²) in [7, 11) is 0. The average Bonchev–Trinajstić information content (AvgIpc) is 2.29. The topological polar surface area (TPSA) is 64.1 Å². The molecule has 0 saturated carbocycles. The van der Waals surface area contributed by atoms with Crippen molar-refractivity contribution in [3.8, 4) is 0 Å².